The lowest BCUT2D eigenvalue weighted by molar-refractivity contribution is 0.0706. The van der Waals surface area contributed by atoms with Crippen molar-refractivity contribution in [3.05, 3.63) is 26.6 Å². The van der Waals surface area contributed by atoms with E-state index in [1.807, 2.05) is 0 Å². The first-order valence-corrected chi connectivity index (χ1v) is 4.77. The molecule has 0 aliphatic heterocycles. The molecule has 3 N–H and O–H groups in total. The molecule has 0 radical (unpaired) electrons. The Bertz CT molecular complexity index is 331. The maximum atomic E-state index is 10.9. The molecule has 0 bridgehead atoms. The van der Waals surface area contributed by atoms with Gasteiger partial charge in [-0.1, -0.05) is 0 Å². The second-order valence-electron chi connectivity index (χ2n) is 2.23. The van der Waals surface area contributed by atoms with Crippen molar-refractivity contribution in [2.24, 2.45) is 0 Å². The van der Waals surface area contributed by atoms with E-state index in [-0.39, 0.29) is 11.3 Å². The number of benzene rings is 1. The number of aromatic hydroxyl groups is 1. The van der Waals surface area contributed by atoms with E-state index >= 15 is 0 Å². The molecule has 1 rings (SSSR count). The zero-order valence-electron chi connectivity index (χ0n) is 6.21. The molecule has 6 heteroatoms. The van der Waals surface area contributed by atoms with E-state index in [4.69, 9.17) is 5.21 Å². The normalized spacial score (nSPS) is 9.77. The van der Waals surface area contributed by atoms with Crippen LogP contribution in [0.4, 0.5) is 0 Å². The van der Waals surface area contributed by atoms with Crippen LogP contribution < -0.4 is 5.48 Å². The highest BCUT2D eigenvalue weighted by molar-refractivity contribution is 9.11. The van der Waals surface area contributed by atoms with Crippen LogP contribution in [0.2, 0.25) is 0 Å². The lowest BCUT2D eigenvalue weighted by atomic mass is 10.2. The highest BCUT2D eigenvalue weighted by atomic mass is 79.9. The number of carbonyl (C=O) groups is 1. The molecule has 0 aliphatic rings. The molecule has 0 atom stereocenters. The maximum Gasteiger partial charge on any atom is 0.274 e. The van der Waals surface area contributed by atoms with Gasteiger partial charge in [-0.2, -0.15) is 0 Å². The molecule has 0 saturated heterocycles. The minimum Gasteiger partial charge on any atom is -0.506 e. The van der Waals surface area contributed by atoms with E-state index in [1.54, 1.807) is 0 Å². The van der Waals surface area contributed by atoms with Crippen molar-refractivity contribution in [1.82, 2.24) is 5.48 Å². The number of hydrogen-bond acceptors (Lipinski definition) is 3. The van der Waals surface area contributed by atoms with Gasteiger partial charge in [0.05, 0.1) is 8.95 Å². The van der Waals surface area contributed by atoms with Crippen molar-refractivity contribution in [1.29, 1.82) is 0 Å². The number of hydroxylamine groups is 1. The van der Waals surface area contributed by atoms with E-state index < -0.39 is 5.91 Å². The lowest BCUT2D eigenvalue weighted by Crippen LogP contribution is -2.18. The van der Waals surface area contributed by atoms with Crippen LogP contribution in [0.15, 0.2) is 21.1 Å². The van der Waals surface area contributed by atoms with Crippen LogP contribution in [0.3, 0.4) is 0 Å². The molecule has 0 fully saturated rings. The fraction of sp³-hybridized carbons (Fsp3) is 0. The van der Waals surface area contributed by atoms with E-state index in [9.17, 15) is 9.90 Å². The average molecular weight is 311 g/mol. The van der Waals surface area contributed by atoms with Crippen molar-refractivity contribution in [2.75, 3.05) is 0 Å². The summed E-state index contributed by atoms with van der Waals surface area (Å²) in [7, 11) is 0. The van der Waals surface area contributed by atoms with Crippen LogP contribution >= 0.6 is 31.9 Å². The summed E-state index contributed by atoms with van der Waals surface area (Å²) in [5, 5.41) is 17.6. The molecule has 0 heterocycles. The molecule has 1 aromatic carbocycles. The van der Waals surface area contributed by atoms with Crippen molar-refractivity contribution in [3.63, 3.8) is 0 Å². The van der Waals surface area contributed by atoms with Gasteiger partial charge in [-0.25, -0.2) is 5.48 Å². The summed E-state index contributed by atoms with van der Waals surface area (Å²) < 4.78 is 0.751. The predicted octanol–water partition coefficient (Wildman–Crippen LogP) is 2.04. The molecular weight excluding hydrogens is 306 g/mol. The largest absolute Gasteiger partial charge is 0.506 e. The molecule has 0 spiro atoms. The van der Waals surface area contributed by atoms with E-state index in [2.05, 4.69) is 31.9 Å². The molecule has 4 nitrogen and oxygen atoms in total. The number of rotatable bonds is 1. The van der Waals surface area contributed by atoms with Gasteiger partial charge in [0.2, 0.25) is 0 Å². The van der Waals surface area contributed by atoms with Crippen LogP contribution in [-0.4, -0.2) is 16.2 Å². The second kappa shape index (κ2) is 4.08. The number of nitrogens with one attached hydrogen (secondary N) is 1. The average Bonchev–Trinajstić information content (AvgIpc) is 2.12. The molecule has 1 aromatic rings. The monoisotopic (exact) mass is 309 g/mol. The van der Waals surface area contributed by atoms with Gasteiger partial charge in [0.15, 0.2) is 0 Å². The third kappa shape index (κ3) is 2.20. The SMILES string of the molecule is O=C(NO)c1cc(Br)c(O)c(Br)c1. The minimum absolute atomic E-state index is 0.00879. The molecule has 1 amide bonds. The van der Waals surface area contributed by atoms with Crippen LogP contribution in [-0.2, 0) is 0 Å². The highest BCUT2D eigenvalue weighted by Gasteiger charge is 2.10. The van der Waals surface area contributed by atoms with E-state index in [1.165, 1.54) is 17.6 Å². The summed E-state index contributed by atoms with van der Waals surface area (Å²) in [6, 6.07) is 2.79. The van der Waals surface area contributed by atoms with Gasteiger partial charge in [-0.05, 0) is 44.0 Å². The first-order valence-electron chi connectivity index (χ1n) is 3.18. The van der Waals surface area contributed by atoms with Crippen LogP contribution in [0.25, 0.3) is 0 Å². The first kappa shape index (κ1) is 10.5. The number of hydrogen-bond donors (Lipinski definition) is 3. The molecule has 0 aliphatic carbocycles. The molecule has 13 heavy (non-hydrogen) atoms. The zero-order valence-corrected chi connectivity index (χ0v) is 9.39. The van der Waals surface area contributed by atoms with Gasteiger partial charge in [-0.3, -0.25) is 10.0 Å². The van der Waals surface area contributed by atoms with Crippen molar-refractivity contribution in [3.8, 4) is 5.75 Å². The number of amides is 1. The summed E-state index contributed by atoms with van der Waals surface area (Å²) >= 11 is 6.11. The van der Waals surface area contributed by atoms with Crippen LogP contribution in [0.1, 0.15) is 10.4 Å². The number of halogens is 2. The number of phenolic OH excluding ortho intramolecular Hbond substituents is 1. The Morgan fingerprint density at radius 1 is 1.31 bits per heavy atom. The molecule has 0 aromatic heterocycles. The Kier molecular flexibility index (Phi) is 3.29. The fourth-order valence-corrected chi connectivity index (χ4v) is 1.95. The Hall–Kier alpha value is -0.590. The van der Waals surface area contributed by atoms with Gasteiger partial charge < -0.3 is 5.11 Å². The number of carbonyl (C=O) groups excluding carboxylic acids is 1. The lowest BCUT2D eigenvalue weighted by Gasteiger charge is -2.03. The summed E-state index contributed by atoms with van der Waals surface area (Å²) in [4.78, 5) is 10.9. The summed E-state index contributed by atoms with van der Waals surface area (Å²) in [5.41, 5.74) is 1.73. The van der Waals surface area contributed by atoms with Crippen LogP contribution in [0.5, 0.6) is 5.75 Å². The second-order valence-corrected chi connectivity index (χ2v) is 3.94. The Morgan fingerprint density at radius 3 is 2.15 bits per heavy atom. The topological polar surface area (TPSA) is 69.6 Å². The predicted molar refractivity (Wildman–Crippen MR) is 52.8 cm³/mol. The third-order valence-corrected chi connectivity index (χ3v) is 2.59. The molecule has 0 unspecified atom stereocenters. The van der Waals surface area contributed by atoms with E-state index in [0.717, 1.165) is 0 Å². The Balaban J connectivity index is 3.20. The number of phenols is 1. The van der Waals surface area contributed by atoms with Gasteiger partial charge in [0.25, 0.3) is 5.91 Å². The van der Waals surface area contributed by atoms with Gasteiger partial charge in [0.1, 0.15) is 5.75 Å². The van der Waals surface area contributed by atoms with Gasteiger partial charge >= 0.3 is 0 Å². The highest BCUT2D eigenvalue weighted by Crippen LogP contribution is 2.33. The standard InChI is InChI=1S/C7H5Br2NO3/c8-4-1-3(7(12)10-13)2-5(9)6(4)11/h1-2,11,13H,(H,10,12). The minimum atomic E-state index is -0.638. The summed E-state index contributed by atoms with van der Waals surface area (Å²) in [6.45, 7) is 0. The summed E-state index contributed by atoms with van der Waals surface area (Å²) in [5.74, 6) is -0.629. The van der Waals surface area contributed by atoms with Crippen molar-refractivity contribution >= 4 is 37.8 Å². The fourth-order valence-electron chi connectivity index (χ4n) is 0.761. The van der Waals surface area contributed by atoms with Crippen LogP contribution in [0, 0.1) is 0 Å². The first-order chi connectivity index (χ1) is 6.06. The third-order valence-electron chi connectivity index (χ3n) is 1.38. The van der Waals surface area contributed by atoms with E-state index in [0.29, 0.717) is 8.95 Å². The quantitative estimate of drug-likeness (QED) is 0.549. The molecular formula is C7H5Br2NO3. The maximum absolute atomic E-state index is 10.9. The Labute approximate surface area is 90.8 Å². The molecule has 70 valence electrons. The van der Waals surface area contributed by atoms with Crippen molar-refractivity contribution < 1.29 is 15.1 Å². The van der Waals surface area contributed by atoms with Gasteiger partial charge in [0, 0.05) is 5.56 Å². The zero-order chi connectivity index (χ0) is 10.0. The molecule has 0 saturated carbocycles. The van der Waals surface area contributed by atoms with Crippen molar-refractivity contribution in [2.45, 2.75) is 0 Å². The summed E-state index contributed by atoms with van der Waals surface area (Å²) in [6.07, 6.45) is 0. The Morgan fingerprint density at radius 2 is 1.77 bits per heavy atom. The van der Waals surface area contributed by atoms with Gasteiger partial charge in [-0.15, -0.1) is 0 Å². The smallest absolute Gasteiger partial charge is 0.274 e.